The molecular formula is C17H22Cl2N2. The summed E-state index contributed by atoms with van der Waals surface area (Å²) in [5, 5.41) is 5.28. The Morgan fingerprint density at radius 2 is 1.86 bits per heavy atom. The Morgan fingerprint density at radius 1 is 1.19 bits per heavy atom. The van der Waals surface area contributed by atoms with Crippen LogP contribution < -0.4 is 0 Å². The SMILES string of the molecule is CCc1nn(C)c(CC(CCl)Cc2ccc(C)cc2)c1Cl. The molecule has 0 fully saturated rings. The largest absolute Gasteiger partial charge is 0.271 e. The van der Waals surface area contributed by atoms with Crippen LogP contribution in [0.3, 0.4) is 0 Å². The van der Waals surface area contributed by atoms with Gasteiger partial charge in [-0.2, -0.15) is 5.10 Å². The molecule has 0 radical (unpaired) electrons. The zero-order valence-electron chi connectivity index (χ0n) is 12.9. The lowest BCUT2D eigenvalue weighted by Crippen LogP contribution is -2.13. The third-order valence-corrected chi connectivity index (χ3v) is 4.72. The first kappa shape index (κ1) is 16.4. The first-order chi connectivity index (χ1) is 10.0. The predicted octanol–water partition coefficient (Wildman–Crippen LogP) is 4.58. The maximum atomic E-state index is 6.43. The van der Waals surface area contributed by atoms with Gasteiger partial charge in [-0.1, -0.05) is 48.4 Å². The quantitative estimate of drug-likeness (QED) is 0.711. The number of hydrogen-bond donors (Lipinski definition) is 0. The minimum absolute atomic E-state index is 0.368. The molecule has 0 spiro atoms. The van der Waals surface area contributed by atoms with E-state index in [1.165, 1.54) is 11.1 Å². The summed E-state index contributed by atoms with van der Waals surface area (Å²) < 4.78 is 1.90. The van der Waals surface area contributed by atoms with Gasteiger partial charge in [0.2, 0.25) is 0 Å². The molecule has 0 saturated carbocycles. The fourth-order valence-electron chi connectivity index (χ4n) is 2.55. The molecule has 0 N–H and O–H groups in total. The topological polar surface area (TPSA) is 17.8 Å². The van der Waals surface area contributed by atoms with Gasteiger partial charge in [0.05, 0.1) is 16.4 Å². The van der Waals surface area contributed by atoms with E-state index >= 15 is 0 Å². The summed E-state index contributed by atoms with van der Waals surface area (Å²) >= 11 is 12.6. The average Bonchev–Trinajstić information content (AvgIpc) is 2.75. The lowest BCUT2D eigenvalue weighted by atomic mass is 9.95. The first-order valence-electron chi connectivity index (χ1n) is 7.36. The molecule has 0 aliphatic carbocycles. The van der Waals surface area contributed by atoms with Crippen LogP contribution in [-0.4, -0.2) is 15.7 Å². The number of rotatable bonds is 6. The zero-order valence-corrected chi connectivity index (χ0v) is 14.4. The summed E-state index contributed by atoms with van der Waals surface area (Å²) in [6, 6.07) is 8.65. The molecule has 0 aliphatic heterocycles. The molecule has 1 aromatic carbocycles. The Balaban J connectivity index is 2.12. The van der Waals surface area contributed by atoms with Crippen molar-refractivity contribution in [3.05, 3.63) is 51.8 Å². The summed E-state index contributed by atoms with van der Waals surface area (Å²) in [6.07, 6.45) is 2.68. The van der Waals surface area contributed by atoms with E-state index in [0.29, 0.717) is 11.8 Å². The average molecular weight is 325 g/mol. The van der Waals surface area contributed by atoms with Crippen LogP contribution in [0.25, 0.3) is 0 Å². The highest BCUT2D eigenvalue weighted by molar-refractivity contribution is 6.31. The molecule has 1 aromatic heterocycles. The van der Waals surface area contributed by atoms with Crippen LogP contribution in [0.15, 0.2) is 24.3 Å². The molecule has 114 valence electrons. The number of aryl methyl sites for hydroxylation is 3. The second kappa shape index (κ2) is 7.33. The summed E-state index contributed by atoms with van der Waals surface area (Å²) in [5.41, 5.74) is 4.66. The number of nitrogens with zero attached hydrogens (tertiary/aromatic N) is 2. The molecule has 4 heteroatoms. The van der Waals surface area contributed by atoms with Crippen molar-refractivity contribution < 1.29 is 0 Å². The van der Waals surface area contributed by atoms with Gasteiger partial charge in [0.1, 0.15) is 0 Å². The van der Waals surface area contributed by atoms with Crippen molar-refractivity contribution in [3.63, 3.8) is 0 Å². The van der Waals surface area contributed by atoms with Crippen LogP contribution in [0.1, 0.15) is 29.4 Å². The highest BCUT2D eigenvalue weighted by Gasteiger charge is 2.18. The summed E-state index contributed by atoms with van der Waals surface area (Å²) in [6.45, 7) is 4.17. The predicted molar refractivity (Wildman–Crippen MR) is 90.4 cm³/mol. The molecule has 21 heavy (non-hydrogen) atoms. The molecule has 0 amide bonds. The lowest BCUT2D eigenvalue weighted by molar-refractivity contribution is 0.551. The molecule has 0 saturated heterocycles. The Labute approximate surface area is 137 Å². The lowest BCUT2D eigenvalue weighted by Gasteiger charge is -2.14. The van der Waals surface area contributed by atoms with Gasteiger partial charge >= 0.3 is 0 Å². The summed E-state index contributed by atoms with van der Waals surface area (Å²) in [4.78, 5) is 0. The minimum atomic E-state index is 0.368. The highest BCUT2D eigenvalue weighted by Crippen LogP contribution is 2.25. The number of hydrogen-bond acceptors (Lipinski definition) is 1. The number of aromatic nitrogens is 2. The minimum Gasteiger partial charge on any atom is -0.271 e. The fourth-order valence-corrected chi connectivity index (χ4v) is 3.14. The van der Waals surface area contributed by atoms with Crippen LogP contribution in [0.2, 0.25) is 5.02 Å². The second-order valence-electron chi connectivity index (χ2n) is 5.60. The standard InChI is InChI=1S/C17H22Cl2N2/c1-4-15-17(19)16(21(3)20-15)10-14(11-18)9-13-7-5-12(2)6-8-13/h5-8,14H,4,9-11H2,1-3H3. The van der Waals surface area contributed by atoms with Crippen LogP contribution in [0.5, 0.6) is 0 Å². The van der Waals surface area contributed by atoms with Gasteiger partial charge in [-0.3, -0.25) is 4.68 Å². The number of halogens is 2. The monoisotopic (exact) mass is 324 g/mol. The van der Waals surface area contributed by atoms with E-state index in [0.717, 1.165) is 35.7 Å². The molecule has 1 heterocycles. The van der Waals surface area contributed by atoms with Crippen molar-refractivity contribution in [3.8, 4) is 0 Å². The molecule has 2 rings (SSSR count). The van der Waals surface area contributed by atoms with Gasteiger partial charge in [-0.25, -0.2) is 0 Å². The molecule has 0 bridgehead atoms. The maximum Gasteiger partial charge on any atom is 0.0849 e. The Bertz CT molecular complexity index is 588. The summed E-state index contributed by atoms with van der Waals surface area (Å²) in [5.74, 6) is 0.989. The highest BCUT2D eigenvalue weighted by atomic mass is 35.5. The van der Waals surface area contributed by atoms with Crippen LogP contribution >= 0.6 is 23.2 Å². The van der Waals surface area contributed by atoms with Crippen molar-refractivity contribution in [1.82, 2.24) is 9.78 Å². The van der Waals surface area contributed by atoms with Crippen molar-refractivity contribution in [2.75, 3.05) is 5.88 Å². The normalized spacial score (nSPS) is 12.6. The third kappa shape index (κ3) is 4.02. The Hall–Kier alpha value is -0.990. The van der Waals surface area contributed by atoms with Crippen LogP contribution in [0, 0.1) is 12.8 Å². The van der Waals surface area contributed by atoms with E-state index in [-0.39, 0.29) is 0 Å². The molecular weight excluding hydrogens is 303 g/mol. The van der Waals surface area contributed by atoms with Crippen molar-refractivity contribution in [1.29, 1.82) is 0 Å². The summed E-state index contributed by atoms with van der Waals surface area (Å²) in [7, 11) is 1.96. The molecule has 1 atom stereocenters. The molecule has 2 aromatic rings. The van der Waals surface area contributed by atoms with Gasteiger partial charge < -0.3 is 0 Å². The fraction of sp³-hybridized carbons (Fsp3) is 0.471. The zero-order chi connectivity index (χ0) is 15.4. The van der Waals surface area contributed by atoms with E-state index in [9.17, 15) is 0 Å². The van der Waals surface area contributed by atoms with E-state index in [1.54, 1.807) is 0 Å². The van der Waals surface area contributed by atoms with Gasteiger partial charge in [-0.05, 0) is 37.7 Å². The molecule has 0 aliphatic rings. The van der Waals surface area contributed by atoms with Gasteiger partial charge in [0.15, 0.2) is 0 Å². The molecule has 1 unspecified atom stereocenters. The van der Waals surface area contributed by atoms with Gasteiger partial charge in [0, 0.05) is 12.9 Å². The Morgan fingerprint density at radius 3 is 2.38 bits per heavy atom. The first-order valence-corrected chi connectivity index (χ1v) is 8.28. The maximum absolute atomic E-state index is 6.43. The second-order valence-corrected chi connectivity index (χ2v) is 6.29. The van der Waals surface area contributed by atoms with Crippen LogP contribution in [-0.2, 0) is 26.3 Å². The number of alkyl halides is 1. The van der Waals surface area contributed by atoms with E-state index in [4.69, 9.17) is 23.2 Å². The van der Waals surface area contributed by atoms with E-state index < -0.39 is 0 Å². The third-order valence-electron chi connectivity index (χ3n) is 3.85. The van der Waals surface area contributed by atoms with Crippen molar-refractivity contribution >= 4 is 23.2 Å². The van der Waals surface area contributed by atoms with Gasteiger partial charge in [0.25, 0.3) is 0 Å². The van der Waals surface area contributed by atoms with Gasteiger partial charge in [-0.15, -0.1) is 11.6 Å². The van der Waals surface area contributed by atoms with Crippen molar-refractivity contribution in [2.24, 2.45) is 13.0 Å². The number of benzene rings is 1. The van der Waals surface area contributed by atoms with E-state index in [2.05, 4.69) is 43.2 Å². The smallest absolute Gasteiger partial charge is 0.0849 e. The van der Waals surface area contributed by atoms with Crippen LogP contribution in [0.4, 0.5) is 0 Å². The van der Waals surface area contributed by atoms with Crippen molar-refractivity contribution in [2.45, 2.75) is 33.1 Å². The molecule has 2 nitrogen and oxygen atoms in total. The van der Waals surface area contributed by atoms with E-state index in [1.807, 2.05) is 11.7 Å². The Kier molecular flexibility index (Phi) is 5.72.